The molecule has 0 bridgehead atoms. The second-order valence-corrected chi connectivity index (χ2v) is 5.03. The van der Waals surface area contributed by atoms with E-state index >= 15 is 0 Å². The molecule has 0 atom stereocenters. The number of rotatable bonds is 5. The van der Waals surface area contributed by atoms with Crippen molar-refractivity contribution in [3.63, 3.8) is 0 Å². The molecule has 1 saturated carbocycles. The lowest BCUT2D eigenvalue weighted by atomic mass is 10.2. The van der Waals surface area contributed by atoms with E-state index in [1.807, 2.05) is 12.1 Å². The molecule has 2 nitrogen and oxygen atoms in total. The predicted molar refractivity (Wildman–Crippen MR) is 69.5 cm³/mol. The predicted octanol–water partition coefficient (Wildman–Crippen LogP) is 3.15. The van der Waals surface area contributed by atoms with Crippen LogP contribution in [-0.2, 0) is 6.54 Å². The van der Waals surface area contributed by atoms with E-state index in [1.165, 1.54) is 24.9 Å². The molecule has 0 saturated heterocycles. The fourth-order valence-electron chi connectivity index (χ4n) is 1.92. The maximum atomic E-state index is 5.91. The number of nitrogen functional groups attached to an aromatic ring is 1. The first-order valence-corrected chi connectivity index (χ1v) is 6.33. The van der Waals surface area contributed by atoms with Gasteiger partial charge in [-0.3, -0.25) is 4.90 Å². The standard InChI is InChI=1S/C13H19ClN2/c1-2-16(8-10-3-4-10)9-11-5-6-12(14)13(15)7-11/h5-7,10H,2-4,8-9,15H2,1H3. The number of hydrogen-bond donors (Lipinski definition) is 1. The third kappa shape index (κ3) is 3.13. The summed E-state index contributed by atoms with van der Waals surface area (Å²) in [6.45, 7) is 5.51. The maximum absolute atomic E-state index is 5.91. The quantitative estimate of drug-likeness (QED) is 0.799. The van der Waals surface area contributed by atoms with Crippen LogP contribution in [0.25, 0.3) is 0 Å². The second kappa shape index (κ2) is 5.07. The van der Waals surface area contributed by atoms with Gasteiger partial charge in [-0.2, -0.15) is 0 Å². The highest BCUT2D eigenvalue weighted by atomic mass is 35.5. The Morgan fingerprint density at radius 3 is 2.75 bits per heavy atom. The smallest absolute Gasteiger partial charge is 0.0635 e. The van der Waals surface area contributed by atoms with Crippen molar-refractivity contribution in [2.75, 3.05) is 18.8 Å². The molecule has 2 rings (SSSR count). The van der Waals surface area contributed by atoms with Gasteiger partial charge in [0.15, 0.2) is 0 Å². The zero-order valence-corrected chi connectivity index (χ0v) is 10.5. The second-order valence-electron chi connectivity index (χ2n) is 4.63. The molecule has 88 valence electrons. The number of nitrogens with two attached hydrogens (primary N) is 1. The van der Waals surface area contributed by atoms with Gasteiger partial charge in [0.05, 0.1) is 10.7 Å². The van der Waals surface area contributed by atoms with Gasteiger partial charge in [-0.25, -0.2) is 0 Å². The van der Waals surface area contributed by atoms with E-state index in [1.54, 1.807) is 0 Å². The summed E-state index contributed by atoms with van der Waals surface area (Å²) in [7, 11) is 0. The lowest BCUT2D eigenvalue weighted by Crippen LogP contribution is -2.25. The Hall–Kier alpha value is -0.730. The molecule has 1 aliphatic rings. The van der Waals surface area contributed by atoms with Gasteiger partial charge in [0.1, 0.15) is 0 Å². The van der Waals surface area contributed by atoms with Gasteiger partial charge in [0, 0.05) is 13.1 Å². The van der Waals surface area contributed by atoms with Crippen LogP contribution in [-0.4, -0.2) is 18.0 Å². The number of benzene rings is 1. The number of nitrogens with zero attached hydrogens (tertiary/aromatic N) is 1. The summed E-state index contributed by atoms with van der Waals surface area (Å²) in [5.74, 6) is 0.935. The maximum Gasteiger partial charge on any atom is 0.0635 e. The normalized spacial score (nSPS) is 15.7. The van der Waals surface area contributed by atoms with Gasteiger partial charge >= 0.3 is 0 Å². The van der Waals surface area contributed by atoms with Gasteiger partial charge in [-0.15, -0.1) is 0 Å². The first kappa shape index (κ1) is 11.7. The van der Waals surface area contributed by atoms with Crippen molar-refractivity contribution >= 4 is 17.3 Å². The Balaban J connectivity index is 1.97. The Bertz CT molecular complexity index is 361. The van der Waals surface area contributed by atoms with Crippen LogP contribution in [0.1, 0.15) is 25.3 Å². The van der Waals surface area contributed by atoms with Gasteiger partial charge in [0.25, 0.3) is 0 Å². The lowest BCUT2D eigenvalue weighted by Gasteiger charge is -2.20. The molecule has 1 aromatic rings. The van der Waals surface area contributed by atoms with E-state index in [9.17, 15) is 0 Å². The molecule has 1 fully saturated rings. The number of hydrogen-bond acceptors (Lipinski definition) is 2. The van der Waals surface area contributed by atoms with Crippen molar-refractivity contribution in [3.8, 4) is 0 Å². The summed E-state index contributed by atoms with van der Waals surface area (Å²) >= 11 is 5.91. The largest absolute Gasteiger partial charge is 0.398 e. The third-order valence-electron chi connectivity index (χ3n) is 3.13. The van der Waals surface area contributed by atoms with Crippen LogP contribution < -0.4 is 5.73 Å². The van der Waals surface area contributed by atoms with Crippen LogP contribution in [0.4, 0.5) is 5.69 Å². The Morgan fingerprint density at radius 1 is 1.44 bits per heavy atom. The van der Waals surface area contributed by atoms with Gasteiger partial charge in [-0.1, -0.05) is 24.6 Å². The fourth-order valence-corrected chi connectivity index (χ4v) is 2.04. The first-order chi connectivity index (χ1) is 7.69. The van der Waals surface area contributed by atoms with E-state index in [0.29, 0.717) is 10.7 Å². The fraction of sp³-hybridized carbons (Fsp3) is 0.538. The summed E-state index contributed by atoms with van der Waals surface area (Å²) in [5.41, 5.74) is 7.74. The van der Waals surface area contributed by atoms with E-state index in [-0.39, 0.29) is 0 Å². The SMILES string of the molecule is CCN(Cc1ccc(Cl)c(N)c1)CC1CC1. The monoisotopic (exact) mass is 238 g/mol. The highest BCUT2D eigenvalue weighted by molar-refractivity contribution is 6.33. The van der Waals surface area contributed by atoms with Crippen molar-refractivity contribution in [1.29, 1.82) is 0 Å². The highest BCUT2D eigenvalue weighted by Crippen LogP contribution is 2.30. The van der Waals surface area contributed by atoms with Crippen LogP contribution in [0.15, 0.2) is 18.2 Å². The van der Waals surface area contributed by atoms with Crippen LogP contribution in [0, 0.1) is 5.92 Å². The third-order valence-corrected chi connectivity index (χ3v) is 3.47. The molecule has 0 radical (unpaired) electrons. The highest BCUT2D eigenvalue weighted by Gasteiger charge is 2.23. The van der Waals surface area contributed by atoms with Gasteiger partial charge in [0.2, 0.25) is 0 Å². The van der Waals surface area contributed by atoms with Crippen molar-refractivity contribution in [3.05, 3.63) is 28.8 Å². The van der Waals surface area contributed by atoms with Crippen molar-refractivity contribution in [2.45, 2.75) is 26.3 Å². The van der Waals surface area contributed by atoms with Gasteiger partial charge in [-0.05, 0) is 43.0 Å². The Morgan fingerprint density at radius 2 is 2.19 bits per heavy atom. The average Bonchev–Trinajstić information content (AvgIpc) is 3.06. The average molecular weight is 239 g/mol. The first-order valence-electron chi connectivity index (χ1n) is 5.95. The zero-order chi connectivity index (χ0) is 11.5. The van der Waals surface area contributed by atoms with Crippen molar-refractivity contribution < 1.29 is 0 Å². The molecule has 0 spiro atoms. The van der Waals surface area contributed by atoms with E-state index < -0.39 is 0 Å². The Labute approximate surface area is 102 Å². The summed E-state index contributed by atoms with van der Waals surface area (Å²) in [5, 5.41) is 0.647. The molecule has 1 aliphatic carbocycles. The minimum absolute atomic E-state index is 0.647. The molecule has 3 heteroatoms. The molecular formula is C13H19ClN2. The van der Waals surface area contributed by atoms with Crippen LogP contribution >= 0.6 is 11.6 Å². The van der Waals surface area contributed by atoms with E-state index in [0.717, 1.165) is 19.0 Å². The lowest BCUT2D eigenvalue weighted by molar-refractivity contribution is 0.268. The molecule has 0 aromatic heterocycles. The summed E-state index contributed by atoms with van der Waals surface area (Å²) in [6.07, 6.45) is 2.80. The summed E-state index contributed by atoms with van der Waals surface area (Å²) in [4.78, 5) is 2.47. The molecule has 1 aromatic carbocycles. The molecule has 2 N–H and O–H groups in total. The van der Waals surface area contributed by atoms with E-state index in [2.05, 4.69) is 17.9 Å². The minimum atomic E-state index is 0.647. The zero-order valence-electron chi connectivity index (χ0n) is 9.75. The van der Waals surface area contributed by atoms with Gasteiger partial charge < -0.3 is 5.73 Å². The molecule has 0 aliphatic heterocycles. The number of anilines is 1. The van der Waals surface area contributed by atoms with Crippen LogP contribution in [0.3, 0.4) is 0 Å². The van der Waals surface area contributed by atoms with Crippen molar-refractivity contribution in [1.82, 2.24) is 4.90 Å². The Kier molecular flexibility index (Phi) is 3.72. The number of halogens is 1. The molecular weight excluding hydrogens is 220 g/mol. The van der Waals surface area contributed by atoms with Crippen LogP contribution in [0.2, 0.25) is 5.02 Å². The van der Waals surface area contributed by atoms with E-state index in [4.69, 9.17) is 17.3 Å². The summed E-state index contributed by atoms with van der Waals surface area (Å²) in [6, 6.07) is 5.93. The minimum Gasteiger partial charge on any atom is -0.398 e. The molecule has 0 amide bonds. The molecule has 0 heterocycles. The van der Waals surface area contributed by atoms with Crippen LogP contribution in [0.5, 0.6) is 0 Å². The molecule has 0 unspecified atom stereocenters. The van der Waals surface area contributed by atoms with Crippen molar-refractivity contribution in [2.24, 2.45) is 5.92 Å². The molecule has 16 heavy (non-hydrogen) atoms. The summed E-state index contributed by atoms with van der Waals surface area (Å²) < 4.78 is 0. The topological polar surface area (TPSA) is 29.3 Å².